The zero-order chi connectivity index (χ0) is 45.0. The topological polar surface area (TPSA) is 370 Å². The van der Waals surface area contributed by atoms with Gasteiger partial charge in [0.2, 0.25) is 45.7 Å². The van der Waals surface area contributed by atoms with E-state index in [0.29, 0.717) is 16.9 Å². The molecule has 28 heteroatoms. The number of primary sulfonamides is 1. The Bertz CT molecular complexity index is 3020. The SMILES string of the molecule is CNc1nc(Nc2ccc(C(C)(N)O)cc2)nc(Nc2ccc(/C=C/c3ccc(Nc4nc(NC)nc(Nc5ccc(S(N)(=O)=O)cc5)n4)cc3S(=O)(=O)[O-])c(S(=O)(=O)[O-])c2)n1.[Na+].[Na+]. The van der Waals surface area contributed by atoms with E-state index in [9.17, 15) is 39.5 Å². The molecule has 0 fully saturated rings. The molecule has 2 aromatic heterocycles. The molecule has 0 radical (unpaired) electrons. The molecule has 6 aromatic rings. The monoisotopic (exact) mass is 950 g/mol. The van der Waals surface area contributed by atoms with Gasteiger partial charge in [-0.05, 0) is 84.3 Å². The van der Waals surface area contributed by atoms with Gasteiger partial charge < -0.3 is 51.8 Å². The van der Waals surface area contributed by atoms with Crippen molar-refractivity contribution in [3.63, 3.8) is 0 Å². The third-order valence-corrected chi connectivity index (χ3v) is 11.1. The zero-order valence-electron chi connectivity index (χ0n) is 34.5. The van der Waals surface area contributed by atoms with Crippen LogP contribution in [0.15, 0.2) is 99.6 Å². The number of rotatable bonds is 16. The quantitative estimate of drug-likeness (QED) is 0.0200. The van der Waals surface area contributed by atoms with Crippen LogP contribution in [0.25, 0.3) is 12.2 Å². The number of benzene rings is 4. The molecule has 64 heavy (non-hydrogen) atoms. The minimum absolute atomic E-state index is 0. The van der Waals surface area contributed by atoms with Crippen molar-refractivity contribution < 1.29 is 98.6 Å². The van der Waals surface area contributed by atoms with Crippen LogP contribution in [0.3, 0.4) is 0 Å². The maximum absolute atomic E-state index is 12.5. The largest absolute Gasteiger partial charge is 1.00 e. The van der Waals surface area contributed by atoms with Gasteiger partial charge in [0.25, 0.3) is 0 Å². The molecule has 6 rings (SSSR count). The van der Waals surface area contributed by atoms with Gasteiger partial charge in [0.1, 0.15) is 26.0 Å². The third-order valence-electron chi connectivity index (χ3n) is 8.40. The van der Waals surface area contributed by atoms with Crippen LogP contribution in [0.2, 0.25) is 0 Å². The number of sulfonamides is 1. The summed E-state index contributed by atoms with van der Waals surface area (Å²) in [6.45, 7) is 1.44. The van der Waals surface area contributed by atoms with Gasteiger partial charge >= 0.3 is 59.1 Å². The molecule has 11 N–H and O–H groups in total. The molecule has 4 aromatic carbocycles. The van der Waals surface area contributed by atoms with E-state index in [1.165, 1.54) is 62.5 Å². The van der Waals surface area contributed by atoms with E-state index < -0.39 is 45.8 Å². The minimum Gasteiger partial charge on any atom is -0.744 e. The van der Waals surface area contributed by atoms with E-state index >= 15 is 0 Å². The zero-order valence-corrected chi connectivity index (χ0v) is 41.0. The third kappa shape index (κ3) is 13.8. The van der Waals surface area contributed by atoms with E-state index in [2.05, 4.69) is 61.8 Å². The van der Waals surface area contributed by atoms with Crippen molar-refractivity contribution in [1.82, 2.24) is 29.9 Å². The Hall–Kier alpha value is -4.91. The summed E-state index contributed by atoms with van der Waals surface area (Å²) < 4.78 is 98.0. The molecular formula is C36H36N14Na2O9S3. The first-order valence-corrected chi connectivity index (χ1v) is 22.0. The van der Waals surface area contributed by atoms with Crippen LogP contribution in [0.5, 0.6) is 0 Å². The summed E-state index contributed by atoms with van der Waals surface area (Å²) in [5.41, 5.74) is 5.44. The Labute approximate surface area is 411 Å². The summed E-state index contributed by atoms with van der Waals surface area (Å²) in [5, 5.41) is 32.3. The molecule has 0 bridgehead atoms. The van der Waals surface area contributed by atoms with Crippen molar-refractivity contribution in [3.05, 3.63) is 102 Å². The molecule has 0 amide bonds. The van der Waals surface area contributed by atoms with Crippen molar-refractivity contribution in [3.8, 4) is 0 Å². The number of aliphatic hydroxyl groups is 1. The van der Waals surface area contributed by atoms with Crippen LogP contribution < -0.4 is 102 Å². The normalized spacial score (nSPS) is 12.6. The summed E-state index contributed by atoms with van der Waals surface area (Å²) in [6.07, 6.45) is 2.31. The average Bonchev–Trinajstić information content (AvgIpc) is 3.19. The van der Waals surface area contributed by atoms with Gasteiger partial charge in [0, 0.05) is 36.8 Å². The molecule has 2 heterocycles. The van der Waals surface area contributed by atoms with Crippen molar-refractivity contribution in [2.45, 2.75) is 27.3 Å². The fraction of sp³-hybridized carbons (Fsp3) is 0.111. The first-order valence-electron chi connectivity index (χ1n) is 17.7. The predicted octanol–water partition coefficient (Wildman–Crippen LogP) is -3.13. The van der Waals surface area contributed by atoms with Crippen LogP contribution in [-0.2, 0) is 36.0 Å². The number of aromatic nitrogens is 6. The second-order valence-electron chi connectivity index (χ2n) is 13.2. The van der Waals surface area contributed by atoms with E-state index in [1.54, 1.807) is 31.3 Å². The first-order chi connectivity index (χ1) is 29.1. The number of nitrogens with one attached hydrogen (secondary N) is 6. The van der Waals surface area contributed by atoms with Gasteiger partial charge in [-0.3, -0.25) is 0 Å². The standard InChI is InChI=1S/C36H38N14O9S3.2Na/c1-36(37,51)22-8-12-23(13-9-22)41-32-45-30(39-2)47-34(49-32)43-25-10-6-20(28(18-25)61(54,55)56)4-5-21-7-11-26(19-29(21)62(57,58)59)44-35-48-31(40-3)46-33(50-35)42-24-14-16-27(17-15-24)60(38,52)53;;/h4-19,51H,37H2,1-3H3,(H2,38,52,53)(H,54,55,56)(H,57,58,59)(H3,39,41,43,45,47,49)(H3,40,42,44,46,48,50);;/q;2*+1/p-2/b5-4+;;. The van der Waals surface area contributed by atoms with E-state index in [1.807, 2.05) is 0 Å². The molecule has 0 aliphatic heterocycles. The molecule has 0 saturated carbocycles. The van der Waals surface area contributed by atoms with Gasteiger partial charge in [-0.25, -0.2) is 30.4 Å². The Morgan fingerprint density at radius 1 is 0.547 bits per heavy atom. The summed E-state index contributed by atoms with van der Waals surface area (Å²) in [4.78, 5) is 23.9. The number of nitrogens with zero attached hydrogens (tertiary/aromatic N) is 6. The van der Waals surface area contributed by atoms with E-state index in [4.69, 9.17) is 10.9 Å². The van der Waals surface area contributed by atoms with Crippen molar-refractivity contribution in [2.24, 2.45) is 10.9 Å². The molecule has 23 nitrogen and oxygen atoms in total. The number of hydrogen-bond acceptors (Lipinski definition) is 22. The smallest absolute Gasteiger partial charge is 0.744 e. The minimum atomic E-state index is -5.15. The second kappa shape index (κ2) is 20.9. The van der Waals surface area contributed by atoms with Crippen molar-refractivity contribution in [1.29, 1.82) is 0 Å². The molecule has 0 saturated heterocycles. The van der Waals surface area contributed by atoms with Gasteiger partial charge in [0.15, 0.2) is 0 Å². The molecule has 324 valence electrons. The Morgan fingerprint density at radius 3 is 1.17 bits per heavy atom. The van der Waals surface area contributed by atoms with E-state index in [0.717, 1.165) is 24.3 Å². The average molecular weight is 951 g/mol. The van der Waals surface area contributed by atoms with Gasteiger partial charge in [-0.15, -0.1) is 0 Å². The first kappa shape index (κ1) is 51.7. The Kier molecular flexibility index (Phi) is 16.9. The van der Waals surface area contributed by atoms with Gasteiger partial charge in [-0.2, -0.15) is 29.9 Å². The summed E-state index contributed by atoms with van der Waals surface area (Å²) >= 11 is 0. The number of nitrogens with two attached hydrogens (primary N) is 2. The molecule has 0 aliphatic carbocycles. The van der Waals surface area contributed by atoms with Crippen LogP contribution in [0.1, 0.15) is 23.6 Å². The van der Waals surface area contributed by atoms with E-state index in [-0.39, 0.29) is 122 Å². The van der Waals surface area contributed by atoms with Crippen LogP contribution in [-0.4, -0.2) is 83.5 Å². The second-order valence-corrected chi connectivity index (χ2v) is 17.4. The van der Waals surface area contributed by atoms with Gasteiger partial charge in [-0.1, -0.05) is 36.4 Å². The molecule has 0 aliphatic rings. The van der Waals surface area contributed by atoms with Crippen molar-refractivity contribution >= 4 is 101 Å². The van der Waals surface area contributed by atoms with Crippen molar-refractivity contribution in [2.75, 3.05) is 46.0 Å². The summed E-state index contributed by atoms with van der Waals surface area (Å²) in [6, 6.07) is 19.3. The number of anilines is 10. The van der Waals surface area contributed by atoms with Gasteiger partial charge in [0.05, 0.1) is 14.7 Å². The summed E-state index contributed by atoms with van der Waals surface area (Å²) in [5.74, 6) is 0.133. The van der Waals surface area contributed by atoms with Crippen LogP contribution >= 0.6 is 0 Å². The summed E-state index contributed by atoms with van der Waals surface area (Å²) in [7, 11) is -11.1. The maximum atomic E-state index is 12.5. The molecule has 1 atom stereocenters. The number of hydrogen-bond donors (Lipinski definition) is 9. The Balaban J connectivity index is 0.00000449. The Morgan fingerprint density at radius 2 is 0.859 bits per heavy atom. The molecule has 0 spiro atoms. The van der Waals surface area contributed by atoms with Crippen LogP contribution in [0, 0.1) is 0 Å². The fourth-order valence-electron chi connectivity index (χ4n) is 5.45. The molecular weight excluding hydrogens is 915 g/mol. The van der Waals surface area contributed by atoms with Crippen LogP contribution in [0.4, 0.5) is 58.4 Å². The maximum Gasteiger partial charge on any atom is 1.00 e. The molecule has 1 unspecified atom stereocenters. The predicted molar refractivity (Wildman–Crippen MR) is 228 cm³/mol. The fourth-order valence-corrected chi connectivity index (χ4v) is 7.35.